The van der Waals surface area contributed by atoms with Crippen LogP contribution in [0.25, 0.3) is 5.69 Å². The second-order valence-corrected chi connectivity index (χ2v) is 6.78. The maximum atomic E-state index is 13.2. The molecule has 6 heteroatoms. The SMILES string of the molecule is CC(=O)Nc1ccc(C)cc1NC(=O)c1cc(C)n(-c2ccc(F)cc2)c1C. The maximum Gasteiger partial charge on any atom is 0.257 e. The van der Waals surface area contributed by atoms with Gasteiger partial charge >= 0.3 is 0 Å². The number of aryl methyl sites for hydroxylation is 2. The fraction of sp³-hybridized carbons (Fsp3) is 0.182. The molecule has 0 bridgehead atoms. The molecule has 0 fully saturated rings. The number of nitrogens with one attached hydrogen (secondary N) is 2. The van der Waals surface area contributed by atoms with Gasteiger partial charge in [0.15, 0.2) is 0 Å². The molecule has 2 amide bonds. The first-order chi connectivity index (χ1) is 13.3. The minimum Gasteiger partial charge on any atom is -0.325 e. The van der Waals surface area contributed by atoms with Gasteiger partial charge in [0, 0.05) is 24.0 Å². The van der Waals surface area contributed by atoms with Crippen LogP contribution in [0.3, 0.4) is 0 Å². The van der Waals surface area contributed by atoms with E-state index in [0.29, 0.717) is 16.9 Å². The number of carbonyl (C=O) groups excluding carboxylic acids is 2. The van der Waals surface area contributed by atoms with Gasteiger partial charge in [-0.25, -0.2) is 4.39 Å². The molecule has 0 radical (unpaired) electrons. The molecule has 0 aliphatic heterocycles. The zero-order chi connectivity index (χ0) is 20.4. The number of hydrogen-bond donors (Lipinski definition) is 2. The number of rotatable bonds is 4. The van der Waals surface area contributed by atoms with Crippen LogP contribution in [0.1, 0.15) is 34.2 Å². The Morgan fingerprint density at radius 3 is 2.21 bits per heavy atom. The summed E-state index contributed by atoms with van der Waals surface area (Å²) in [5.41, 5.74) is 4.93. The number of benzene rings is 2. The normalized spacial score (nSPS) is 10.6. The molecule has 0 saturated heterocycles. The smallest absolute Gasteiger partial charge is 0.257 e. The first-order valence-corrected chi connectivity index (χ1v) is 8.90. The van der Waals surface area contributed by atoms with Gasteiger partial charge in [0.25, 0.3) is 5.91 Å². The molecule has 0 atom stereocenters. The molecule has 28 heavy (non-hydrogen) atoms. The molecule has 1 aromatic heterocycles. The number of amides is 2. The van der Waals surface area contributed by atoms with Crippen molar-refractivity contribution in [3.05, 3.63) is 76.9 Å². The fourth-order valence-electron chi connectivity index (χ4n) is 3.23. The Morgan fingerprint density at radius 1 is 0.893 bits per heavy atom. The summed E-state index contributed by atoms with van der Waals surface area (Å²) >= 11 is 0. The van der Waals surface area contributed by atoms with Crippen LogP contribution in [0.5, 0.6) is 0 Å². The Kier molecular flexibility index (Phi) is 5.31. The highest BCUT2D eigenvalue weighted by Crippen LogP contribution is 2.26. The minimum atomic E-state index is -0.311. The van der Waals surface area contributed by atoms with Crippen LogP contribution < -0.4 is 10.6 Å². The van der Waals surface area contributed by atoms with Crippen molar-refractivity contribution in [1.29, 1.82) is 0 Å². The molecular weight excluding hydrogens is 357 g/mol. The van der Waals surface area contributed by atoms with E-state index in [2.05, 4.69) is 10.6 Å². The Morgan fingerprint density at radius 2 is 1.57 bits per heavy atom. The van der Waals surface area contributed by atoms with Crippen LogP contribution in [-0.2, 0) is 4.79 Å². The third-order valence-corrected chi connectivity index (χ3v) is 4.49. The van der Waals surface area contributed by atoms with E-state index in [1.54, 1.807) is 24.3 Å². The highest BCUT2D eigenvalue weighted by molar-refractivity contribution is 6.08. The molecule has 5 nitrogen and oxygen atoms in total. The molecule has 0 spiro atoms. The molecule has 1 heterocycles. The second-order valence-electron chi connectivity index (χ2n) is 6.78. The standard InChI is InChI=1S/C22H22FN3O2/c1-13-5-10-20(24-16(4)27)21(11-13)25-22(28)19-12-14(2)26(15(19)3)18-8-6-17(23)7-9-18/h5-12H,1-4H3,(H,24,27)(H,25,28). The summed E-state index contributed by atoms with van der Waals surface area (Å²) in [6.07, 6.45) is 0. The largest absolute Gasteiger partial charge is 0.325 e. The lowest BCUT2D eigenvalue weighted by atomic mass is 10.1. The van der Waals surface area contributed by atoms with Gasteiger partial charge < -0.3 is 15.2 Å². The number of hydrogen-bond acceptors (Lipinski definition) is 2. The molecule has 2 N–H and O–H groups in total. The Labute approximate surface area is 163 Å². The van der Waals surface area contributed by atoms with Crippen LogP contribution in [-0.4, -0.2) is 16.4 Å². The number of anilines is 2. The van der Waals surface area contributed by atoms with Gasteiger partial charge in [0.05, 0.1) is 16.9 Å². The molecular formula is C22H22FN3O2. The summed E-state index contributed by atoms with van der Waals surface area (Å²) in [7, 11) is 0. The average molecular weight is 379 g/mol. The minimum absolute atomic E-state index is 0.214. The van der Waals surface area contributed by atoms with E-state index in [9.17, 15) is 14.0 Å². The van der Waals surface area contributed by atoms with Gasteiger partial charge in [-0.05, 0) is 68.8 Å². The lowest BCUT2D eigenvalue weighted by molar-refractivity contribution is -0.114. The van der Waals surface area contributed by atoms with E-state index in [1.165, 1.54) is 19.1 Å². The first kappa shape index (κ1) is 19.4. The third kappa shape index (κ3) is 3.96. The second kappa shape index (κ2) is 7.68. The number of halogens is 1. The number of carbonyl (C=O) groups is 2. The van der Waals surface area contributed by atoms with Crippen molar-refractivity contribution in [1.82, 2.24) is 4.57 Å². The molecule has 0 unspecified atom stereocenters. The summed E-state index contributed by atoms with van der Waals surface area (Å²) in [4.78, 5) is 24.4. The van der Waals surface area contributed by atoms with E-state index < -0.39 is 0 Å². The Balaban J connectivity index is 1.94. The van der Waals surface area contributed by atoms with E-state index in [-0.39, 0.29) is 17.6 Å². The maximum absolute atomic E-state index is 13.2. The van der Waals surface area contributed by atoms with Crippen molar-refractivity contribution in [2.45, 2.75) is 27.7 Å². The number of nitrogens with zero attached hydrogens (tertiary/aromatic N) is 1. The van der Waals surface area contributed by atoms with E-state index in [4.69, 9.17) is 0 Å². The summed E-state index contributed by atoms with van der Waals surface area (Å²) in [6.45, 7) is 7.06. The molecule has 0 saturated carbocycles. The Bertz CT molecular complexity index is 1050. The van der Waals surface area contributed by atoms with Gasteiger partial charge in [-0.15, -0.1) is 0 Å². The van der Waals surface area contributed by atoms with Gasteiger partial charge in [-0.1, -0.05) is 6.07 Å². The van der Waals surface area contributed by atoms with E-state index in [0.717, 1.165) is 22.6 Å². The zero-order valence-electron chi connectivity index (χ0n) is 16.3. The zero-order valence-corrected chi connectivity index (χ0v) is 16.3. The summed E-state index contributed by atoms with van der Waals surface area (Å²) in [5.74, 6) is -0.804. The highest BCUT2D eigenvalue weighted by atomic mass is 19.1. The number of aromatic nitrogens is 1. The quantitative estimate of drug-likeness (QED) is 0.687. The summed E-state index contributed by atoms with van der Waals surface area (Å²) in [5, 5.41) is 5.61. The van der Waals surface area contributed by atoms with E-state index in [1.807, 2.05) is 37.5 Å². The van der Waals surface area contributed by atoms with Crippen molar-refractivity contribution < 1.29 is 14.0 Å². The Hall–Kier alpha value is -3.41. The molecule has 3 rings (SSSR count). The van der Waals surface area contributed by atoms with Crippen molar-refractivity contribution in [2.75, 3.05) is 10.6 Å². The summed E-state index contributed by atoms with van der Waals surface area (Å²) < 4.78 is 15.1. The predicted molar refractivity (Wildman–Crippen MR) is 109 cm³/mol. The van der Waals surface area contributed by atoms with Gasteiger partial charge in [0.1, 0.15) is 5.82 Å². The van der Waals surface area contributed by atoms with Crippen LogP contribution in [0.15, 0.2) is 48.5 Å². The van der Waals surface area contributed by atoms with Crippen molar-refractivity contribution in [2.24, 2.45) is 0 Å². The van der Waals surface area contributed by atoms with Gasteiger partial charge in [0.2, 0.25) is 5.91 Å². The first-order valence-electron chi connectivity index (χ1n) is 8.90. The van der Waals surface area contributed by atoms with Crippen molar-refractivity contribution >= 4 is 23.2 Å². The topological polar surface area (TPSA) is 63.1 Å². The predicted octanol–water partition coefficient (Wildman–Crippen LogP) is 4.75. The fourth-order valence-corrected chi connectivity index (χ4v) is 3.23. The van der Waals surface area contributed by atoms with Crippen molar-refractivity contribution in [3.8, 4) is 5.69 Å². The van der Waals surface area contributed by atoms with Gasteiger partial charge in [-0.3, -0.25) is 9.59 Å². The van der Waals surface area contributed by atoms with Gasteiger partial charge in [-0.2, -0.15) is 0 Å². The average Bonchev–Trinajstić information content (AvgIpc) is 2.92. The summed E-state index contributed by atoms with van der Waals surface area (Å²) in [6, 6.07) is 13.3. The molecule has 2 aromatic carbocycles. The van der Waals surface area contributed by atoms with Crippen LogP contribution in [0, 0.1) is 26.6 Å². The molecule has 3 aromatic rings. The lowest BCUT2D eigenvalue weighted by Crippen LogP contribution is -2.16. The van der Waals surface area contributed by atoms with E-state index >= 15 is 0 Å². The van der Waals surface area contributed by atoms with Crippen LogP contribution in [0.2, 0.25) is 0 Å². The van der Waals surface area contributed by atoms with Crippen LogP contribution >= 0.6 is 0 Å². The van der Waals surface area contributed by atoms with Crippen LogP contribution in [0.4, 0.5) is 15.8 Å². The lowest BCUT2D eigenvalue weighted by Gasteiger charge is -2.13. The monoisotopic (exact) mass is 379 g/mol. The molecule has 0 aliphatic carbocycles. The highest BCUT2D eigenvalue weighted by Gasteiger charge is 2.18. The molecule has 144 valence electrons. The third-order valence-electron chi connectivity index (χ3n) is 4.49. The molecule has 0 aliphatic rings. The van der Waals surface area contributed by atoms with Crippen molar-refractivity contribution in [3.63, 3.8) is 0 Å².